The van der Waals surface area contributed by atoms with Crippen LogP contribution in [-0.2, 0) is 10.9 Å². The lowest BCUT2D eigenvalue weighted by Gasteiger charge is -2.21. The van der Waals surface area contributed by atoms with Gasteiger partial charge in [0.15, 0.2) is 0 Å². The molecule has 0 saturated heterocycles. The monoisotopic (exact) mass is 290 g/mol. The van der Waals surface area contributed by atoms with Crippen LogP contribution in [0.1, 0.15) is 36.7 Å². The number of halogens is 3. The smallest absolute Gasteiger partial charge is 0.456 e. The van der Waals surface area contributed by atoms with Crippen molar-refractivity contribution in [1.29, 1.82) is 0 Å². The third-order valence-corrected chi connectivity index (χ3v) is 2.28. The summed E-state index contributed by atoms with van der Waals surface area (Å²) >= 11 is 0. The van der Waals surface area contributed by atoms with Gasteiger partial charge in [-0.25, -0.2) is 4.79 Å². The standard InChI is InChI=1S/C12H14BF3O4/c1-11(2,3)20-10(17)8-6-7(12(14,15)16)4-5-9(8)13(18)19/h4-6,18-19H,1-3H3. The number of carbonyl (C=O) groups excluding carboxylic acids is 1. The van der Waals surface area contributed by atoms with E-state index in [2.05, 4.69) is 0 Å². The van der Waals surface area contributed by atoms with Crippen molar-refractivity contribution in [3.05, 3.63) is 29.3 Å². The molecule has 0 heterocycles. The second kappa shape index (κ2) is 5.45. The van der Waals surface area contributed by atoms with Crippen molar-refractivity contribution in [3.8, 4) is 0 Å². The van der Waals surface area contributed by atoms with Gasteiger partial charge in [0.25, 0.3) is 0 Å². The van der Waals surface area contributed by atoms with Crippen LogP contribution in [0.5, 0.6) is 0 Å². The summed E-state index contributed by atoms with van der Waals surface area (Å²) in [6.45, 7) is 4.65. The fourth-order valence-electron chi connectivity index (χ4n) is 1.47. The summed E-state index contributed by atoms with van der Waals surface area (Å²) in [6.07, 6.45) is -4.64. The number of hydrogen-bond donors (Lipinski definition) is 2. The molecule has 0 aliphatic carbocycles. The third kappa shape index (κ3) is 4.24. The fraction of sp³-hybridized carbons (Fsp3) is 0.417. The van der Waals surface area contributed by atoms with E-state index < -0.39 is 36.0 Å². The van der Waals surface area contributed by atoms with Crippen LogP contribution in [0.4, 0.5) is 13.2 Å². The zero-order valence-corrected chi connectivity index (χ0v) is 11.2. The maximum atomic E-state index is 12.6. The van der Waals surface area contributed by atoms with Crippen molar-refractivity contribution in [2.75, 3.05) is 0 Å². The molecule has 0 aromatic heterocycles. The van der Waals surface area contributed by atoms with E-state index in [0.29, 0.717) is 12.1 Å². The number of alkyl halides is 3. The molecule has 0 spiro atoms. The number of benzene rings is 1. The molecule has 0 saturated carbocycles. The Morgan fingerprint density at radius 2 is 1.75 bits per heavy atom. The van der Waals surface area contributed by atoms with E-state index >= 15 is 0 Å². The molecule has 1 rings (SSSR count). The number of ether oxygens (including phenoxy) is 1. The lowest BCUT2D eigenvalue weighted by Crippen LogP contribution is -2.37. The van der Waals surface area contributed by atoms with Crippen molar-refractivity contribution in [1.82, 2.24) is 0 Å². The van der Waals surface area contributed by atoms with Crippen LogP contribution in [0.3, 0.4) is 0 Å². The summed E-state index contributed by atoms with van der Waals surface area (Å²) in [5.74, 6) is -1.05. The molecule has 0 atom stereocenters. The van der Waals surface area contributed by atoms with Crippen molar-refractivity contribution < 1.29 is 32.8 Å². The quantitative estimate of drug-likeness (QED) is 0.637. The molecule has 0 unspecified atom stereocenters. The molecule has 4 nitrogen and oxygen atoms in total. The average Bonchev–Trinajstić information content (AvgIpc) is 2.24. The topological polar surface area (TPSA) is 66.8 Å². The average molecular weight is 290 g/mol. The lowest BCUT2D eigenvalue weighted by atomic mass is 9.76. The zero-order valence-electron chi connectivity index (χ0n) is 11.2. The van der Waals surface area contributed by atoms with Gasteiger partial charge < -0.3 is 14.8 Å². The lowest BCUT2D eigenvalue weighted by molar-refractivity contribution is -0.137. The number of carbonyl (C=O) groups is 1. The Labute approximate surface area is 114 Å². The minimum Gasteiger partial charge on any atom is -0.456 e. The van der Waals surface area contributed by atoms with Crippen LogP contribution in [-0.4, -0.2) is 28.7 Å². The Kier molecular flexibility index (Phi) is 4.50. The van der Waals surface area contributed by atoms with Crippen LogP contribution < -0.4 is 5.46 Å². The Hall–Kier alpha value is -1.54. The Bertz CT molecular complexity index is 506. The first-order valence-corrected chi connectivity index (χ1v) is 5.72. The van der Waals surface area contributed by atoms with Crippen LogP contribution >= 0.6 is 0 Å². The molecule has 20 heavy (non-hydrogen) atoms. The highest BCUT2D eigenvalue weighted by Gasteiger charge is 2.34. The van der Waals surface area contributed by atoms with Gasteiger partial charge in [0, 0.05) is 0 Å². The number of esters is 1. The molecule has 0 aliphatic heterocycles. The Balaban J connectivity index is 3.29. The van der Waals surface area contributed by atoms with Gasteiger partial charge in [0.05, 0.1) is 11.1 Å². The largest absolute Gasteiger partial charge is 0.489 e. The van der Waals surface area contributed by atoms with E-state index in [-0.39, 0.29) is 5.46 Å². The minimum atomic E-state index is -4.64. The van der Waals surface area contributed by atoms with Gasteiger partial charge in [-0.15, -0.1) is 0 Å². The van der Waals surface area contributed by atoms with Crippen LogP contribution in [0.2, 0.25) is 0 Å². The molecule has 0 aliphatic rings. The highest BCUT2D eigenvalue weighted by atomic mass is 19.4. The summed E-state index contributed by atoms with van der Waals surface area (Å²) in [5, 5.41) is 18.2. The fourth-order valence-corrected chi connectivity index (χ4v) is 1.47. The summed E-state index contributed by atoms with van der Waals surface area (Å²) in [6, 6.07) is 2.05. The highest BCUT2D eigenvalue weighted by Crippen LogP contribution is 2.29. The van der Waals surface area contributed by atoms with Gasteiger partial charge in [-0.05, 0) is 32.3 Å². The predicted octanol–water partition coefficient (Wildman–Crippen LogP) is 1.34. The van der Waals surface area contributed by atoms with E-state index in [9.17, 15) is 18.0 Å². The van der Waals surface area contributed by atoms with Gasteiger partial charge in [0.2, 0.25) is 0 Å². The molecule has 0 bridgehead atoms. The number of hydrogen-bond acceptors (Lipinski definition) is 4. The SMILES string of the molecule is CC(C)(C)OC(=O)c1cc(C(F)(F)F)ccc1B(O)O. The second-order valence-electron chi connectivity index (χ2n) is 5.18. The van der Waals surface area contributed by atoms with E-state index in [1.54, 1.807) is 20.8 Å². The zero-order chi connectivity index (χ0) is 15.7. The summed E-state index contributed by atoms with van der Waals surface area (Å²) in [5.41, 5.74) is -2.84. The first kappa shape index (κ1) is 16.5. The van der Waals surface area contributed by atoms with Crippen LogP contribution in [0, 0.1) is 0 Å². The van der Waals surface area contributed by atoms with Gasteiger partial charge in [-0.3, -0.25) is 0 Å². The molecular weight excluding hydrogens is 276 g/mol. The van der Waals surface area contributed by atoms with E-state index in [4.69, 9.17) is 14.8 Å². The van der Waals surface area contributed by atoms with Gasteiger partial charge in [-0.2, -0.15) is 13.2 Å². The van der Waals surface area contributed by atoms with Gasteiger partial charge in [-0.1, -0.05) is 12.1 Å². The first-order chi connectivity index (χ1) is 8.92. The van der Waals surface area contributed by atoms with Crippen molar-refractivity contribution in [3.63, 3.8) is 0 Å². The van der Waals surface area contributed by atoms with Crippen LogP contribution in [0.15, 0.2) is 18.2 Å². The van der Waals surface area contributed by atoms with Crippen molar-refractivity contribution in [2.45, 2.75) is 32.5 Å². The summed E-state index contributed by atoms with van der Waals surface area (Å²) in [7, 11) is -2.07. The first-order valence-electron chi connectivity index (χ1n) is 5.72. The molecule has 0 fully saturated rings. The van der Waals surface area contributed by atoms with Crippen molar-refractivity contribution >= 4 is 18.6 Å². The van der Waals surface area contributed by atoms with Crippen molar-refractivity contribution in [2.24, 2.45) is 0 Å². The second-order valence-corrected chi connectivity index (χ2v) is 5.18. The highest BCUT2D eigenvalue weighted by molar-refractivity contribution is 6.60. The molecule has 8 heteroatoms. The number of rotatable bonds is 2. The molecule has 0 amide bonds. The maximum Gasteiger partial charge on any atom is 0.489 e. The molecule has 2 N–H and O–H groups in total. The Morgan fingerprint density at radius 1 is 1.20 bits per heavy atom. The van der Waals surface area contributed by atoms with Crippen LogP contribution in [0.25, 0.3) is 0 Å². The predicted molar refractivity (Wildman–Crippen MR) is 66.4 cm³/mol. The molecule has 1 aromatic rings. The molecular formula is C12H14BF3O4. The third-order valence-electron chi connectivity index (χ3n) is 2.28. The molecule has 0 radical (unpaired) electrons. The van der Waals surface area contributed by atoms with Gasteiger partial charge in [0.1, 0.15) is 5.60 Å². The normalized spacial score (nSPS) is 12.2. The molecule has 110 valence electrons. The summed E-state index contributed by atoms with van der Waals surface area (Å²) < 4.78 is 42.8. The maximum absolute atomic E-state index is 12.6. The minimum absolute atomic E-state index is 0.341. The van der Waals surface area contributed by atoms with E-state index in [0.717, 1.165) is 6.07 Å². The molecule has 1 aromatic carbocycles. The van der Waals surface area contributed by atoms with Gasteiger partial charge >= 0.3 is 19.3 Å². The Morgan fingerprint density at radius 3 is 2.15 bits per heavy atom. The van der Waals surface area contributed by atoms with E-state index in [1.165, 1.54) is 0 Å². The van der Waals surface area contributed by atoms with E-state index in [1.807, 2.05) is 0 Å². The summed E-state index contributed by atoms with van der Waals surface area (Å²) in [4.78, 5) is 11.9.